The number of carbonyl (C=O) groups is 1. The molecule has 0 bridgehead atoms. The fraction of sp³-hybridized carbons (Fsp3) is 0.167. The van der Waals surface area contributed by atoms with Gasteiger partial charge in [0.25, 0.3) is 0 Å². The number of ether oxygens (including phenoxy) is 1. The fourth-order valence-electron chi connectivity index (χ4n) is 2.26. The second kappa shape index (κ2) is 8.22. The van der Waals surface area contributed by atoms with Crippen LogP contribution in [-0.2, 0) is 19.6 Å². The monoisotopic (exact) mass is 413 g/mol. The van der Waals surface area contributed by atoms with Crippen LogP contribution in [0.3, 0.4) is 0 Å². The molecule has 0 heterocycles. The van der Waals surface area contributed by atoms with E-state index in [0.29, 0.717) is 5.56 Å². The fourth-order valence-corrected chi connectivity index (χ4v) is 3.88. The van der Waals surface area contributed by atoms with Crippen LogP contribution in [0.4, 0.5) is 0 Å². The lowest BCUT2D eigenvalue weighted by atomic mass is 10.0. The summed E-state index contributed by atoms with van der Waals surface area (Å²) in [5, 5.41) is 0.345. The Balaban J connectivity index is 2.51. The maximum absolute atomic E-state index is 12.8. The number of rotatable bonds is 6. The van der Waals surface area contributed by atoms with Crippen molar-refractivity contribution in [2.45, 2.75) is 17.9 Å². The van der Waals surface area contributed by atoms with E-state index in [1.54, 1.807) is 30.3 Å². The van der Waals surface area contributed by atoms with Gasteiger partial charge in [-0.25, -0.2) is 13.2 Å². The minimum absolute atomic E-state index is 0.0453. The SMILES string of the molecule is C=C(C(=O)OC)[C@@H](NS(=O)(=O)c1ccc(C)cc1)c1cccc(Cl)c1Cl. The summed E-state index contributed by atoms with van der Waals surface area (Å²) in [6.45, 7) is 5.51. The molecule has 2 rings (SSSR count). The normalized spacial score (nSPS) is 12.5. The first-order valence-corrected chi connectivity index (χ1v) is 9.71. The van der Waals surface area contributed by atoms with Gasteiger partial charge in [-0.15, -0.1) is 0 Å². The first kappa shape index (κ1) is 20.5. The molecule has 0 amide bonds. The molecular weight excluding hydrogens is 397 g/mol. The highest BCUT2D eigenvalue weighted by Gasteiger charge is 2.29. The van der Waals surface area contributed by atoms with Crippen molar-refractivity contribution < 1.29 is 17.9 Å². The zero-order valence-electron chi connectivity index (χ0n) is 14.1. The van der Waals surface area contributed by atoms with Crippen molar-refractivity contribution in [1.29, 1.82) is 0 Å². The van der Waals surface area contributed by atoms with Crippen LogP contribution in [0.2, 0.25) is 10.0 Å². The van der Waals surface area contributed by atoms with Gasteiger partial charge in [0.05, 0.1) is 33.7 Å². The molecule has 0 saturated heterocycles. The molecule has 0 aliphatic carbocycles. The van der Waals surface area contributed by atoms with Gasteiger partial charge in [-0.3, -0.25) is 0 Å². The highest BCUT2D eigenvalue weighted by atomic mass is 35.5. The molecule has 0 aromatic heterocycles. The average molecular weight is 414 g/mol. The third-order valence-electron chi connectivity index (χ3n) is 3.69. The third kappa shape index (κ3) is 4.45. The summed E-state index contributed by atoms with van der Waals surface area (Å²) < 4.78 is 32.6. The van der Waals surface area contributed by atoms with E-state index < -0.39 is 22.0 Å². The second-order valence-corrected chi connectivity index (χ2v) is 8.03. The number of hydrogen-bond acceptors (Lipinski definition) is 4. The molecule has 0 spiro atoms. The standard InChI is InChI=1S/C18H17Cl2NO4S/c1-11-7-9-13(10-8-11)26(23,24)21-17(12(2)18(22)25-3)14-5-4-6-15(19)16(14)20/h4-10,17,21H,2H2,1,3H3/t17-/m1/s1. The predicted octanol–water partition coefficient (Wildman–Crippen LogP) is 4.05. The van der Waals surface area contributed by atoms with E-state index in [9.17, 15) is 13.2 Å². The van der Waals surface area contributed by atoms with Gasteiger partial charge in [0.2, 0.25) is 10.0 Å². The Hall–Kier alpha value is -1.86. The van der Waals surface area contributed by atoms with E-state index in [2.05, 4.69) is 16.0 Å². The Bertz CT molecular complexity index is 940. The van der Waals surface area contributed by atoms with E-state index in [0.717, 1.165) is 5.56 Å². The van der Waals surface area contributed by atoms with Crippen LogP contribution < -0.4 is 4.72 Å². The molecule has 0 fully saturated rings. The number of sulfonamides is 1. The summed E-state index contributed by atoms with van der Waals surface area (Å²) in [4.78, 5) is 12.0. The Labute approximate surface area is 162 Å². The summed E-state index contributed by atoms with van der Waals surface area (Å²) >= 11 is 12.2. The van der Waals surface area contributed by atoms with Crippen molar-refractivity contribution in [2.24, 2.45) is 0 Å². The van der Waals surface area contributed by atoms with Gasteiger partial charge in [0.15, 0.2) is 0 Å². The van der Waals surface area contributed by atoms with Gasteiger partial charge in [0.1, 0.15) is 0 Å². The van der Waals surface area contributed by atoms with E-state index in [4.69, 9.17) is 23.2 Å². The van der Waals surface area contributed by atoms with E-state index in [1.807, 2.05) is 6.92 Å². The van der Waals surface area contributed by atoms with Gasteiger partial charge in [-0.2, -0.15) is 4.72 Å². The lowest BCUT2D eigenvalue weighted by Crippen LogP contribution is -2.32. The number of benzene rings is 2. The maximum Gasteiger partial charge on any atom is 0.335 e. The van der Waals surface area contributed by atoms with Crippen LogP contribution in [0.5, 0.6) is 0 Å². The Morgan fingerprint density at radius 3 is 2.35 bits per heavy atom. The molecule has 1 atom stereocenters. The maximum atomic E-state index is 12.8. The van der Waals surface area contributed by atoms with Crippen LogP contribution in [0.15, 0.2) is 59.5 Å². The molecule has 2 aromatic rings. The van der Waals surface area contributed by atoms with Gasteiger partial charge >= 0.3 is 5.97 Å². The number of nitrogens with one attached hydrogen (secondary N) is 1. The largest absolute Gasteiger partial charge is 0.466 e. The summed E-state index contributed by atoms with van der Waals surface area (Å²) in [6, 6.07) is 9.85. The van der Waals surface area contributed by atoms with E-state index >= 15 is 0 Å². The lowest BCUT2D eigenvalue weighted by molar-refractivity contribution is -0.136. The number of methoxy groups -OCH3 is 1. The van der Waals surface area contributed by atoms with Crippen molar-refractivity contribution in [3.05, 3.63) is 75.8 Å². The summed E-state index contributed by atoms with van der Waals surface area (Å²) in [7, 11) is -2.78. The molecule has 0 aliphatic heterocycles. The molecule has 8 heteroatoms. The van der Waals surface area contributed by atoms with E-state index in [-0.39, 0.29) is 20.5 Å². The van der Waals surface area contributed by atoms with Crippen LogP contribution in [0.25, 0.3) is 0 Å². The topological polar surface area (TPSA) is 72.5 Å². The van der Waals surface area contributed by atoms with Crippen LogP contribution in [-0.4, -0.2) is 21.5 Å². The quantitative estimate of drug-likeness (QED) is 0.572. The smallest absolute Gasteiger partial charge is 0.335 e. The van der Waals surface area contributed by atoms with Crippen molar-refractivity contribution in [3.63, 3.8) is 0 Å². The molecule has 5 nitrogen and oxygen atoms in total. The van der Waals surface area contributed by atoms with Crippen LogP contribution >= 0.6 is 23.2 Å². The van der Waals surface area contributed by atoms with Gasteiger partial charge < -0.3 is 4.74 Å². The third-order valence-corrected chi connectivity index (χ3v) is 5.97. The molecule has 0 unspecified atom stereocenters. The zero-order valence-corrected chi connectivity index (χ0v) is 16.5. The highest BCUT2D eigenvalue weighted by Crippen LogP contribution is 2.34. The lowest BCUT2D eigenvalue weighted by Gasteiger charge is -2.21. The number of halogens is 2. The average Bonchev–Trinajstić information content (AvgIpc) is 2.61. The minimum Gasteiger partial charge on any atom is -0.466 e. The van der Waals surface area contributed by atoms with Crippen LogP contribution in [0.1, 0.15) is 17.2 Å². The summed E-state index contributed by atoms with van der Waals surface area (Å²) in [5.74, 6) is -0.766. The molecule has 26 heavy (non-hydrogen) atoms. The van der Waals surface area contributed by atoms with Gasteiger partial charge in [0, 0.05) is 0 Å². The Kier molecular flexibility index (Phi) is 6.47. The molecular formula is C18H17Cl2NO4S. The van der Waals surface area contributed by atoms with Crippen molar-refractivity contribution >= 4 is 39.2 Å². The van der Waals surface area contributed by atoms with Crippen molar-refractivity contribution in [1.82, 2.24) is 4.72 Å². The van der Waals surface area contributed by atoms with Gasteiger partial charge in [-0.1, -0.05) is 59.6 Å². The second-order valence-electron chi connectivity index (χ2n) is 5.53. The molecule has 1 N–H and O–H groups in total. The summed E-state index contributed by atoms with van der Waals surface area (Å²) in [5.41, 5.74) is 1.09. The minimum atomic E-state index is -3.96. The number of carbonyl (C=O) groups excluding carboxylic acids is 1. The first-order chi connectivity index (χ1) is 12.2. The Morgan fingerprint density at radius 2 is 1.77 bits per heavy atom. The number of hydrogen-bond donors (Lipinski definition) is 1. The van der Waals surface area contributed by atoms with Crippen molar-refractivity contribution in [2.75, 3.05) is 7.11 Å². The predicted molar refractivity (Wildman–Crippen MR) is 102 cm³/mol. The molecule has 138 valence electrons. The molecule has 0 saturated carbocycles. The summed E-state index contributed by atoms with van der Waals surface area (Å²) in [6.07, 6.45) is 0. The highest BCUT2D eigenvalue weighted by molar-refractivity contribution is 7.89. The van der Waals surface area contributed by atoms with Gasteiger partial charge in [-0.05, 0) is 30.7 Å². The van der Waals surface area contributed by atoms with Crippen LogP contribution in [0, 0.1) is 6.92 Å². The van der Waals surface area contributed by atoms with Crippen molar-refractivity contribution in [3.8, 4) is 0 Å². The number of aryl methyl sites for hydroxylation is 1. The molecule has 2 aromatic carbocycles. The zero-order chi connectivity index (χ0) is 19.5. The van der Waals surface area contributed by atoms with E-state index in [1.165, 1.54) is 19.2 Å². The number of esters is 1. The molecule has 0 aliphatic rings. The molecule has 0 radical (unpaired) electrons. The first-order valence-electron chi connectivity index (χ1n) is 7.47. The Morgan fingerprint density at radius 1 is 1.15 bits per heavy atom.